The molecule has 4 rings (SSSR count). The molecule has 1 amide bonds. The van der Waals surface area contributed by atoms with Crippen LogP contribution in [0.4, 0.5) is 0 Å². The Bertz CT molecular complexity index is 1400. The van der Waals surface area contributed by atoms with Gasteiger partial charge in [-0.1, -0.05) is 48.0 Å². The molecule has 0 aliphatic rings. The Labute approximate surface area is 215 Å². The number of para-hydroxylation sites is 1. The highest BCUT2D eigenvalue weighted by Gasteiger charge is 2.09. The Morgan fingerprint density at radius 1 is 1.03 bits per heavy atom. The van der Waals surface area contributed by atoms with Gasteiger partial charge < -0.3 is 9.47 Å². The smallest absolute Gasteiger partial charge is 0.250 e. The minimum absolute atomic E-state index is 0.184. The maximum absolute atomic E-state index is 12.4. The van der Waals surface area contributed by atoms with E-state index in [0.717, 1.165) is 38.2 Å². The summed E-state index contributed by atoms with van der Waals surface area (Å²) < 4.78 is 11.4. The number of methoxy groups -OCH3 is 1. The summed E-state index contributed by atoms with van der Waals surface area (Å²) in [6, 6.07) is 21.8. The zero-order chi connectivity index (χ0) is 25.5. The van der Waals surface area contributed by atoms with Crippen molar-refractivity contribution in [2.75, 3.05) is 12.9 Å². The highest BCUT2D eigenvalue weighted by atomic mass is 32.2. The maximum Gasteiger partial charge on any atom is 0.250 e. The molecule has 1 heterocycles. The summed E-state index contributed by atoms with van der Waals surface area (Å²) >= 11 is 1.48. The summed E-state index contributed by atoms with van der Waals surface area (Å²) in [6.45, 7) is 6.51. The van der Waals surface area contributed by atoms with Crippen molar-refractivity contribution in [2.24, 2.45) is 5.10 Å². The van der Waals surface area contributed by atoms with Gasteiger partial charge in [0.05, 0.1) is 24.6 Å². The molecule has 0 saturated heterocycles. The first-order chi connectivity index (χ1) is 17.4. The third kappa shape index (κ3) is 6.43. The predicted molar refractivity (Wildman–Crippen MR) is 146 cm³/mol. The number of ether oxygens (including phenoxy) is 2. The predicted octanol–water partition coefficient (Wildman–Crippen LogP) is 5.99. The van der Waals surface area contributed by atoms with E-state index in [1.54, 1.807) is 13.3 Å². The lowest BCUT2D eigenvalue weighted by molar-refractivity contribution is -0.118. The molecule has 0 fully saturated rings. The standard InChI is InChI=1S/C29H29N3O3S/c1-19-8-10-22(11-9-19)17-35-25-13-12-23(15-26(25)34-4)16-30-32-28(33)18-36-27-14-21(3)31-29-20(2)6-5-7-24(27)29/h5-16H,17-18H2,1-4H3,(H,32,33). The third-order valence-electron chi connectivity index (χ3n) is 5.60. The van der Waals surface area contributed by atoms with E-state index in [0.29, 0.717) is 18.1 Å². The SMILES string of the molecule is COc1cc(C=NNC(=O)CSc2cc(C)nc3c(C)cccc23)ccc1OCc1ccc(C)cc1. The van der Waals surface area contributed by atoms with Crippen LogP contribution >= 0.6 is 11.8 Å². The van der Waals surface area contributed by atoms with Crippen molar-refractivity contribution in [3.63, 3.8) is 0 Å². The second-order valence-corrected chi connectivity index (χ2v) is 9.52. The van der Waals surface area contributed by atoms with Crippen molar-refractivity contribution in [3.05, 3.63) is 94.7 Å². The summed E-state index contributed by atoms with van der Waals surface area (Å²) in [5.74, 6) is 1.31. The summed E-state index contributed by atoms with van der Waals surface area (Å²) in [6.07, 6.45) is 1.59. The second-order valence-electron chi connectivity index (χ2n) is 8.50. The van der Waals surface area contributed by atoms with Gasteiger partial charge in [0.2, 0.25) is 5.91 Å². The van der Waals surface area contributed by atoms with Crippen LogP contribution in [0.25, 0.3) is 10.9 Å². The van der Waals surface area contributed by atoms with E-state index in [4.69, 9.17) is 9.47 Å². The minimum Gasteiger partial charge on any atom is -0.493 e. The highest BCUT2D eigenvalue weighted by molar-refractivity contribution is 8.00. The molecule has 4 aromatic rings. The number of hydrogen-bond acceptors (Lipinski definition) is 6. The first-order valence-electron chi connectivity index (χ1n) is 11.6. The van der Waals surface area contributed by atoms with Gasteiger partial charge in [-0.3, -0.25) is 9.78 Å². The van der Waals surface area contributed by atoms with Crippen LogP contribution < -0.4 is 14.9 Å². The number of rotatable bonds is 9. The lowest BCUT2D eigenvalue weighted by Crippen LogP contribution is -2.19. The molecule has 0 bridgehead atoms. The molecule has 184 valence electrons. The van der Waals surface area contributed by atoms with Crippen LogP contribution in [0.3, 0.4) is 0 Å². The molecule has 0 aliphatic carbocycles. The number of nitrogens with one attached hydrogen (secondary N) is 1. The van der Waals surface area contributed by atoms with Crippen LogP contribution in [0.2, 0.25) is 0 Å². The zero-order valence-corrected chi connectivity index (χ0v) is 21.7. The first-order valence-corrected chi connectivity index (χ1v) is 12.6. The highest BCUT2D eigenvalue weighted by Crippen LogP contribution is 2.30. The van der Waals surface area contributed by atoms with Gasteiger partial charge in [-0.25, -0.2) is 5.43 Å². The lowest BCUT2D eigenvalue weighted by atomic mass is 10.1. The van der Waals surface area contributed by atoms with E-state index in [1.165, 1.54) is 17.3 Å². The van der Waals surface area contributed by atoms with Crippen LogP contribution in [0.15, 0.2) is 76.7 Å². The van der Waals surface area contributed by atoms with E-state index in [-0.39, 0.29) is 11.7 Å². The van der Waals surface area contributed by atoms with E-state index in [1.807, 2.05) is 68.4 Å². The van der Waals surface area contributed by atoms with Gasteiger partial charge in [0.15, 0.2) is 11.5 Å². The fraction of sp³-hybridized carbons (Fsp3) is 0.207. The monoisotopic (exact) mass is 499 g/mol. The molecule has 0 saturated carbocycles. The van der Waals surface area contributed by atoms with E-state index >= 15 is 0 Å². The number of hydrazone groups is 1. The molecular weight excluding hydrogens is 470 g/mol. The number of carbonyl (C=O) groups excluding carboxylic acids is 1. The molecule has 0 aliphatic heterocycles. The molecule has 36 heavy (non-hydrogen) atoms. The number of hydrogen-bond donors (Lipinski definition) is 1. The number of aromatic nitrogens is 1. The molecule has 3 aromatic carbocycles. The number of pyridine rings is 1. The minimum atomic E-state index is -0.184. The molecule has 0 spiro atoms. The molecule has 1 N–H and O–H groups in total. The topological polar surface area (TPSA) is 72.8 Å². The molecule has 7 heteroatoms. The summed E-state index contributed by atoms with van der Waals surface area (Å²) in [7, 11) is 1.60. The summed E-state index contributed by atoms with van der Waals surface area (Å²) in [5, 5.41) is 5.16. The van der Waals surface area contributed by atoms with E-state index in [2.05, 4.69) is 34.6 Å². The quantitative estimate of drug-likeness (QED) is 0.174. The van der Waals surface area contributed by atoms with Gasteiger partial charge in [0.1, 0.15) is 6.61 Å². The van der Waals surface area contributed by atoms with E-state index in [9.17, 15) is 4.79 Å². The number of amides is 1. The number of carbonyl (C=O) groups is 1. The fourth-order valence-corrected chi connectivity index (χ4v) is 4.61. The number of nitrogens with zero attached hydrogens (tertiary/aromatic N) is 2. The molecule has 0 atom stereocenters. The van der Waals surface area contributed by atoms with Gasteiger partial charge in [-0.05, 0) is 61.7 Å². The van der Waals surface area contributed by atoms with Gasteiger partial charge in [-0.15, -0.1) is 11.8 Å². The largest absolute Gasteiger partial charge is 0.493 e. The van der Waals surface area contributed by atoms with Crippen LogP contribution in [-0.2, 0) is 11.4 Å². The average Bonchev–Trinajstić information content (AvgIpc) is 2.88. The van der Waals surface area contributed by atoms with Crippen molar-refractivity contribution in [3.8, 4) is 11.5 Å². The van der Waals surface area contributed by atoms with Crippen molar-refractivity contribution >= 4 is 34.8 Å². The fourth-order valence-electron chi connectivity index (χ4n) is 3.69. The third-order valence-corrected chi connectivity index (χ3v) is 6.65. The summed E-state index contributed by atoms with van der Waals surface area (Å²) in [4.78, 5) is 18.1. The van der Waals surface area contributed by atoms with Crippen LogP contribution in [0.5, 0.6) is 11.5 Å². The van der Waals surface area contributed by atoms with Gasteiger partial charge in [0.25, 0.3) is 0 Å². The zero-order valence-electron chi connectivity index (χ0n) is 20.9. The van der Waals surface area contributed by atoms with Crippen molar-refractivity contribution < 1.29 is 14.3 Å². The number of thioether (sulfide) groups is 1. The Balaban J connectivity index is 1.33. The normalized spacial score (nSPS) is 11.1. The van der Waals surface area contributed by atoms with Crippen molar-refractivity contribution in [2.45, 2.75) is 32.3 Å². The maximum atomic E-state index is 12.4. The number of aryl methyl sites for hydroxylation is 3. The Kier molecular flexibility index (Phi) is 8.23. The van der Waals surface area contributed by atoms with E-state index < -0.39 is 0 Å². The lowest BCUT2D eigenvalue weighted by Gasteiger charge is -2.11. The van der Waals surface area contributed by atoms with Crippen molar-refractivity contribution in [1.29, 1.82) is 0 Å². The number of benzene rings is 3. The Morgan fingerprint density at radius 3 is 2.61 bits per heavy atom. The molecule has 1 aromatic heterocycles. The molecular formula is C29H29N3O3S. The summed E-state index contributed by atoms with van der Waals surface area (Å²) in [5.41, 5.74) is 8.70. The van der Waals surface area contributed by atoms with Gasteiger partial charge in [-0.2, -0.15) is 5.10 Å². The average molecular weight is 500 g/mol. The second kappa shape index (κ2) is 11.7. The molecule has 0 unspecified atom stereocenters. The Hall–Kier alpha value is -3.84. The van der Waals surface area contributed by atoms with Crippen molar-refractivity contribution in [1.82, 2.24) is 10.4 Å². The van der Waals surface area contributed by atoms with Crippen LogP contribution in [0, 0.1) is 20.8 Å². The Morgan fingerprint density at radius 2 is 1.83 bits per heavy atom. The first kappa shape index (κ1) is 25.3. The van der Waals surface area contributed by atoms with Gasteiger partial charge in [0, 0.05) is 16.0 Å². The van der Waals surface area contributed by atoms with Gasteiger partial charge >= 0.3 is 0 Å². The molecule has 0 radical (unpaired) electrons. The number of fused-ring (bicyclic) bond motifs is 1. The van der Waals surface area contributed by atoms with Crippen LogP contribution in [0.1, 0.15) is 27.9 Å². The van der Waals surface area contributed by atoms with Crippen LogP contribution in [-0.4, -0.2) is 30.0 Å². The molecule has 6 nitrogen and oxygen atoms in total.